The number of aryl methyl sites for hydroxylation is 1. The third kappa shape index (κ3) is 4.57. The highest BCUT2D eigenvalue weighted by molar-refractivity contribution is 5.83. The van der Waals surface area contributed by atoms with Gasteiger partial charge in [0, 0.05) is 33.1 Å². The second kappa shape index (κ2) is 8.29. The number of benzene rings is 1. The predicted octanol–water partition coefficient (Wildman–Crippen LogP) is 2.07. The van der Waals surface area contributed by atoms with Crippen LogP contribution in [0.4, 0.5) is 0 Å². The molecule has 24 heavy (non-hydrogen) atoms. The summed E-state index contributed by atoms with van der Waals surface area (Å²) >= 11 is 0. The molecule has 0 aromatic heterocycles. The third-order valence-electron chi connectivity index (χ3n) is 4.65. The van der Waals surface area contributed by atoms with Crippen LogP contribution in [-0.2, 0) is 9.59 Å². The van der Waals surface area contributed by atoms with E-state index in [1.165, 1.54) is 5.56 Å². The molecule has 0 aliphatic carbocycles. The van der Waals surface area contributed by atoms with Gasteiger partial charge in [-0.1, -0.05) is 29.8 Å². The van der Waals surface area contributed by atoms with Crippen molar-refractivity contribution < 1.29 is 9.59 Å². The first-order valence-corrected chi connectivity index (χ1v) is 8.66. The van der Waals surface area contributed by atoms with Gasteiger partial charge in [0.15, 0.2) is 0 Å². The molecule has 1 atom stereocenters. The summed E-state index contributed by atoms with van der Waals surface area (Å²) in [4.78, 5) is 30.4. The Balaban J connectivity index is 2.00. The lowest BCUT2D eigenvalue weighted by Crippen LogP contribution is -2.44. The highest BCUT2D eigenvalue weighted by Gasteiger charge is 2.26. The summed E-state index contributed by atoms with van der Waals surface area (Å²) in [5.74, 6) is 0.276. The predicted molar refractivity (Wildman–Crippen MR) is 95.7 cm³/mol. The maximum absolute atomic E-state index is 12.9. The first kappa shape index (κ1) is 18.5. The van der Waals surface area contributed by atoms with E-state index >= 15 is 0 Å². The van der Waals surface area contributed by atoms with Crippen molar-refractivity contribution in [1.29, 1.82) is 0 Å². The van der Waals surface area contributed by atoms with Gasteiger partial charge in [0.25, 0.3) is 0 Å². The van der Waals surface area contributed by atoms with Gasteiger partial charge in [0.2, 0.25) is 11.8 Å². The first-order valence-electron chi connectivity index (χ1n) is 8.66. The monoisotopic (exact) mass is 331 g/mol. The standard InChI is InChI=1S/C19H29N3O2/c1-15-8-10-16(11-9-15)18(20(2)3)19(24)21(4)13-14-22-12-6-5-7-17(22)23/h8-11,18H,5-7,12-14H2,1-4H3/t18-/m1/s1. The van der Waals surface area contributed by atoms with E-state index in [0.29, 0.717) is 19.5 Å². The molecule has 1 aromatic rings. The van der Waals surface area contributed by atoms with Crippen LogP contribution in [0.5, 0.6) is 0 Å². The minimum absolute atomic E-state index is 0.0633. The Labute approximate surface area is 145 Å². The van der Waals surface area contributed by atoms with Gasteiger partial charge in [-0.05, 0) is 39.4 Å². The lowest BCUT2D eigenvalue weighted by atomic mass is 10.0. The Hall–Kier alpha value is -1.88. The van der Waals surface area contributed by atoms with Crippen LogP contribution in [0, 0.1) is 6.92 Å². The van der Waals surface area contributed by atoms with E-state index < -0.39 is 0 Å². The first-order chi connectivity index (χ1) is 11.4. The van der Waals surface area contributed by atoms with E-state index in [-0.39, 0.29) is 17.9 Å². The van der Waals surface area contributed by atoms with Crippen molar-refractivity contribution in [3.8, 4) is 0 Å². The number of likely N-dealkylation sites (tertiary alicyclic amines) is 1. The van der Waals surface area contributed by atoms with Crippen molar-refractivity contribution in [2.24, 2.45) is 0 Å². The maximum Gasteiger partial charge on any atom is 0.244 e. The molecule has 0 unspecified atom stereocenters. The van der Waals surface area contributed by atoms with Gasteiger partial charge in [0.05, 0.1) is 0 Å². The van der Waals surface area contributed by atoms with E-state index in [1.807, 2.05) is 62.1 Å². The number of rotatable bonds is 6. The van der Waals surface area contributed by atoms with Gasteiger partial charge < -0.3 is 9.80 Å². The molecule has 5 nitrogen and oxygen atoms in total. The summed E-state index contributed by atoms with van der Waals surface area (Å²) in [6.07, 6.45) is 2.69. The van der Waals surface area contributed by atoms with Crippen LogP contribution in [0.15, 0.2) is 24.3 Å². The van der Waals surface area contributed by atoms with Crippen LogP contribution in [0.25, 0.3) is 0 Å². The summed E-state index contributed by atoms with van der Waals surface area (Å²) in [5.41, 5.74) is 2.18. The number of hydrogen-bond acceptors (Lipinski definition) is 3. The molecule has 0 saturated carbocycles. The van der Waals surface area contributed by atoms with Crippen molar-refractivity contribution in [2.75, 3.05) is 40.8 Å². The van der Waals surface area contributed by atoms with E-state index in [2.05, 4.69) is 0 Å². The average molecular weight is 331 g/mol. The number of piperidine rings is 1. The SMILES string of the molecule is Cc1ccc([C@H](C(=O)N(C)CCN2CCCCC2=O)N(C)C)cc1. The Morgan fingerprint density at radius 1 is 1.17 bits per heavy atom. The van der Waals surface area contributed by atoms with Crippen molar-refractivity contribution in [1.82, 2.24) is 14.7 Å². The van der Waals surface area contributed by atoms with Crippen LogP contribution in [-0.4, -0.2) is 67.3 Å². The van der Waals surface area contributed by atoms with Crippen molar-refractivity contribution in [2.45, 2.75) is 32.2 Å². The molecule has 1 aliphatic heterocycles. The molecule has 0 bridgehead atoms. The number of likely N-dealkylation sites (N-methyl/N-ethyl adjacent to an activating group) is 2. The molecule has 0 radical (unpaired) electrons. The van der Waals surface area contributed by atoms with Crippen LogP contribution in [0.1, 0.15) is 36.4 Å². The van der Waals surface area contributed by atoms with E-state index in [9.17, 15) is 9.59 Å². The Morgan fingerprint density at radius 2 is 1.83 bits per heavy atom. The van der Waals surface area contributed by atoms with Crippen LogP contribution < -0.4 is 0 Å². The third-order valence-corrected chi connectivity index (χ3v) is 4.65. The molecule has 1 heterocycles. The minimum Gasteiger partial charge on any atom is -0.342 e. The molecule has 2 amide bonds. The summed E-state index contributed by atoms with van der Waals surface area (Å²) in [6.45, 7) is 4.05. The fourth-order valence-electron chi connectivity index (χ4n) is 3.10. The number of hydrogen-bond donors (Lipinski definition) is 0. The molecule has 1 aromatic carbocycles. The van der Waals surface area contributed by atoms with E-state index in [4.69, 9.17) is 0 Å². The van der Waals surface area contributed by atoms with E-state index in [0.717, 1.165) is 24.9 Å². The molecule has 1 saturated heterocycles. The molecule has 0 N–H and O–H groups in total. The zero-order chi connectivity index (χ0) is 17.7. The summed E-state index contributed by atoms with van der Waals surface area (Å²) < 4.78 is 0. The largest absolute Gasteiger partial charge is 0.342 e. The second-order valence-electron chi connectivity index (χ2n) is 6.87. The molecular formula is C19H29N3O2. The van der Waals surface area contributed by atoms with Crippen LogP contribution in [0.3, 0.4) is 0 Å². The van der Waals surface area contributed by atoms with Gasteiger partial charge in [-0.15, -0.1) is 0 Å². The molecule has 2 rings (SSSR count). The molecular weight excluding hydrogens is 302 g/mol. The summed E-state index contributed by atoms with van der Waals surface area (Å²) in [5, 5.41) is 0. The van der Waals surface area contributed by atoms with Gasteiger partial charge in [0.1, 0.15) is 6.04 Å². The summed E-state index contributed by atoms with van der Waals surface area (Å²) in [6, 6.07) is 7.80. The molecule has 132 valence electrons. The molecule has 1 fully saturated rings. The lowest BCUT2D eigenvalue weighted by molar-refractivity contribution is -0.138. The lowest BCUT2D eigenvalue weighted by Gasteiger charge is -2.32. The summed E-state index contributed by atoms with van der Waals surface area (Å²) in [7, 11) is 5.66. The van der Waals surface area contributed by atoms with Crippen molar-refractivity contribution >= 4 is 11.8 Å². The number of nitrogens with zero attached hydrogens (tertiary/aromatic N) is 3. The normalized spacial score (nSPS) is 16.4. The fraction of sp³-hybridized carbons (Fsp3) is 0.579. The van der Waals surface area contributed by atoms with Crippen molar-refractivity contribution in [3.63, 3.8) is 0 Å². The van der Waals surface area contributed by atoms with Gasteiger partial charge in [-0.3, -0.25) is 14.5 Å². The Kier molecular flexibility index (Phi) is 6.37. The molecule has 0 spiro atoms. The van der Waals surface area contributed by atoms with Crippen molar-refractivity contribution in [3.05, 3.63) is 35.4 Å². The quantitative estimate of drug-likeness (QED) is 0.801. The van der Waals surface area contributed by atoms with Crippen LogP contribution >= 0.6 is 0 Å². The molecule has 5 heteroatoms. The number of carbonyl (C=O) groups is 2. The van der Waals surface area contributed by atoms with Gasteiger partial charge in [-0.2, -0.15) is 0 Å². The second-order valence-corrected chi connectivity index (χ2v) is 6.87. The molecule has 1 aliphatic rings. The minimum atomic E-state index is -0.298. The highest BCUT2D eigenvalue weighted by atomic mass is 16.2. The van der Waals surface area contributed by atoms with Gasteiger partial charge >= 0.3 is 0 Å². The maximum atomic E-state index is 12.9. The number of carbonyl (C=O) groups excluding carboxylic acids is 2. The van der Waals surface area contributed by atoms with Gasteiger partial charge in [-0.25, -0.2) is 0 Å². The smallest absolute Gasteiger partial charge is 0.244 e. The zero-order valence-electron chi connectivity index (χ0n) is 15.3. The average Bonchev–Trinajstić information content (AvgIpc) is 2.55. The Morgan fingerprint density at radius 3 is 2.42 bits per heavy atom. The van der Waals surface area contributed by atoms with E-state index in [1.54, 1.807) is 4.90 Å². The Bertz CT molecular complexity index is 568. The zero-order valence-corrected chi connectivity index (χ0v) is 15.3. The van der Waals surface area contributed by atoms with Crippen LogP contribution in [0.2, 0.25) is 0 Å². The highest BCUT2D eigenvalue weighted by Crippen LogP contribution is 2.21. The number of amides is 2. The topological polar surface area (TPSA) is 43.9 Å². The fourth-order valence-corrected chi connectivity index (χ4v) is 3.10.